The average Bonchev–Trinajstić information content (AvgIpc) is 3.42. The van der Waals surface area contributed by atoms with E-state index in [1.54, 1.807) is 29.2 Å². The molecule has 2 aromatic rings. The molecule has 0 radical (unpaired) electrons. The Balaban J connectivity index is 1.36. The smallest absolute Gasteiger partial charge is 0.251 e. The lowest BCUT2D eigenvalue weighted by Gasteiger charge is -2.17. The minimum atomic E-state index is -0.408. The summed E-state index contributed by atoms with van der Waals surface area (Å²) in [6, 6.07) is 14.6. The van der Waals surface area contributed by atoms with E-state index in [9.17, 15) is 14.4 Å². The van der Waals surface area contributed by atoms with E-state index in [2.05, 4.69) is 26.6 Å². The Morgan fingerprint density at radius 3 is 2.32 bits per heavy atom. The molecular formula is C21H20BrN3O3. The van der Waals surface area contributed by atoms with Gasteiger partial charge in [0.1, 0.15) is 0 Å². The predicted octanol–water partition coefficient (Wildman–Crippen LogP) is 3.33. The van der Waals surface area contributed by atoms with E-state index in [1.807, 2.05) is 24.3 Å². The van der Waals surface area contributed by atoms with Crippen LogP contribution in [0.2, 0.25) is 0 Å². The number of nitrogens with one attached hydrogen (secondary N) is 2. The van der Waals surface area contributed by atoms with Crippen molar-refractivity contribution in [1.29, 1.82) is 0 Å². The van der Waals surface area contributed by atoms with Crippen LogP contribution in [-0.2, 0) is 9.59 Å². The van der Waals surface area contributed by atoms with Gasteiger partial charge in [-0.3, -0.25) is 14.4 Å². The summed E-state index contributed by atoms with van der Waals surface area (Å²) in [6.45, 7) is 0.355. The van der Waals surface area contributed by atoms with Gasteiger partial charge in [0.15, 0.2) is 0 Å². The van der Waals surface area contributed by atoms with Gasteiger partial charge in [-0.15, -0.1) is 0 Å². The lowest BCUT2D eigenvalue weighted by Crippen LogP contribution is -2.28. The average molecular weight is 442 g/mol. The summed E-state index contributed by atoms with van der Waals surface area (Å²) in [5.74, 6) is -0.751. The molecular weight excluding hydrogens is 422 g/mol. The molecule has 28 heavy (non-hydrogen) atoms. The van der Waals surface area contributed by atoms with Gasteiger partial charge in [-0.05, 0) is 61.4 Å². The van der Waals surface area contributed by atoms with Crippen molar-refractivity contribution in [2.24, 2.45) is 5.92 Å². The predicted molar refractivity (Wildman–Crippen MR) is 110 cm³/mol. The Hall–Kier alpha value is -2.67. The summed E-state index contributed by atoms with van der Waals surface area (Å²) in [4.78, 5) is 38.6. The van der Waals surface area contributed by atoms with Crippen LogP contribution in [0.3, 0.4) is 0 Å². The summed E-state index contributed by atoms with van der Waals surface area (Å²) < 4.78 is 0.937. The van der Waals surface area contributed by atoms with Crippen molar-refractivity contribution in [3.05, 3.63) is 58.6 Å². The molecule has 4 rings (SSSR count). The number of rotatable bonds is 5. The molecule has 144 valence electrons. The van der Waals surface area contributed by atoms with Gasteiger partial charge in [-0.1, -0.05) is 15.9 Å². The zero-order valence-electron chi connectivity index (χ0n) is 15.2. The molecule has 1 aliphatic heterocycles. The topological polar surface area (TPSA) is 78.5 Å². The Morgan fingerprint density at radius 1 is 1.00 bits per heavy atom. The fraction of sp³-hybridized carbons (Fsp3) is 0.286. The maximum Gasteiger partial charge on any atom is 0.251 e. The van der Waals surface area contributed by atoms with Gasteiger partial charge in [0.05, 0.1) is 5.92 Å². The van der Waals surface area contributed by atoms with Gasteiger partial charge in [0.2, 0.25) is 11.8 Å². The number of halogens is 1. The number of carbonyl (C=O) groups excluding carboxylic acids is 3. The maximum absolute atomic E-state index is 12.6. The monoisotopic (exact) mass is 441 g/mol. The van der Waals surface area contributed by atoms with E-state index >= 15 is 0 Å². The molecule has 2 fully saturated rings. The highest BCUT2D eigenvalue weighted by atomic mass is 79.9. The molecule has 2 aliphatic rings. The zero-order valence-corrected chi connectivity index (χ0v) is 16.7. The molecule has 0 bridgehead atoms. The van der Waals surface area contributed by atoms with Crippen LogP contribution in [0.1, 0.15) is 29.6 Å². The highest BCUT2D eigenvalue weighted by Crippen LogP contribution is 2.27. The van der Waals surface area contributed by atoms with Crippen molar-refractivity contribution in [2.75, 3.05) is 16.8 Å². The molecule has 0 spiro atoms. The van der Waals surface area contributed by atoms with Crippen LogP contribution in [0.25, 0.3) is 0 Å². The molecule has 1 heterocycles. The van der Waals surface area contributed by atoms with E-state index in [0.717, 1.165) is 23.0 Å². The summed E-state index contributed by atoms with van der Waals surface area (Å²) in [7, 11) is 0. The van der Waals surface area contributed by atoms with Crippen molar-refractivity contribution in [3.63, 3.8) is 0 Å². The third kappa shape index (κ3) is 4.25. The number of hydrogen-bond acceptors (Lipinski definition) is 3. The standard InChI is InChI=1S/C21H20BrN3O3/c22-15-3-9-18(10-4-15)25-12-14(11-19(25)26)21(28)24-16-5-1-13(2-6-16)20(27)23-17-7-8-17/h1-6,9-10,14,17H,7-8,11-12H2,(H,23,27)(H,24,28). The van der Waals surface area contributed by atoms with Crippen LogP contribution in [-0.4, -0.2) is 30.3 Å². The lowest BCUT2D eigenvalue weighted by molar-refractivity contribution is -0.122. The summed E-state index contributed by atoms with van der Waals surface area (Å²) >= 11 is 3.38. The lowest BCUT2D eigenvalue weighted by atomic mass is 10.1. The minimum absolute atomic E-state index is 0.0606. The highest BCUT2D eigenvalue weighted by molar-refractivity contribution is 9.10. The second kappa shape index (κ2) is 7.75. The molecule has 3 amide bonds. The quantitative estimate of drug-likeness (QED) is 0.746. The SMILES string of the molecule is O=C(NC1CC1)c1ccc(NC(=O)C2CC(=O)N(c3ccc(Br)cc3)C2)cc1. The second-order valence-electron chi connectivity index (χ2n) is 7.20. The third-order valence-corrected chi connectivity index (χ3v) is 5.49. The van der Waals surface area contributed by atoms with E-state index in [-0.39, 0.29) is 24.1 Å². The molecule has 1 saturated heterocycles. The Labute approximate surface area is 171 Å². The van der Waals surface area contributed by atoms with Gasteiger partial charge in [0.25, 0.3) is 5.91 Å². The molecule has 7 heteroatoms. The zero-order chi connectivity index (χ0) is 19.7. The Kier molecular flexibility index (Phi) is 5.17. The fourth-order valence-corrected chi connectivity index (χ4v) is 3.46. The number of anilines is 2. The number of benzene rings is 2. The van der Waals surface area contributed by atoms with Crippen LogP contribution < -0.4 is 15.5 Å². The van der Waals surface area contributed by atoms with Crippen LogP contribution in [0.15, 0.2) is 53.0 Å². The molecule has 1 aliphatic carbocycles. The van der Waals surface area contributed by atoms with Crippen molar-refractivity contribution in [3.8, 4) is 0 Å². The highest BCUT2D eigenvalue weighted by Gasteiger charge is 2.35. The molecule has 2 aromatic carbocycles. The van der Waals surface area contributed by atoms with Crippen molar-refractivity contribution >= 4 is 45.0 Å². The normalized spacial score (nSPS) is 18.8. The van der Waals surface area contributed by atoms with Gasteiger partial charge < -0.3 is 15.5 Å². The maximum atomic E-state index is 12.6. The minimum Gasteiger partial charge on any atom is -0.349 e. The molecule has 1 atom stereocenters. The first kappa shape index (κ1) is 18.7. The van der Waals surface area contributed by atoms with E-state index in [1.165, 1.54) is 0 Å². The van der Waals surface area contributed by atoms with Crippen LogP contribution in [0.5, 0.6) is 0 Å². The van der Waals surface area contributed by atoms with Gasteiger partial charge in [-0.25, -0.2) is 0 Å². The first-order valence-electron chi connectivity index (χ1n) is 9.27. The number of hydrogen-bond donors (Lipinski definition) is 2. The largest absolute Gasteiger partial charge is 0.349 e. The summed E-state index contributed by atoms with van der Waals surface area (Å²) in [5.41, 5.74) is 1.97. The van der Waals surface area contributed by atoms with Crippen LogP contribution in [0, 0.1) is 5.92 Å². The van der Waals surface area contributed by atoms with E-state index < -0.39 is 5.92 Å². The summed E-state index contributed by atoms with van der Waals surface area (Å²) in [6.07, 6.45) is 2.26. The van der Waals surface area contributed by atoms with Crippen LogP contribution >= 0.6 is 15.9 Å². The van der Waals surface area contributed by atoms with Gasteiger partial charge >= 0.3 is 0 Å². The first-order valence-corrected chi connectivity index (χ1v) is 10.1. The third-order valence-electron chi connectivity index (χ3n) is 4.96. The molecule has 0 aromatic heterocycles. The van der Waals surface area contributed by atoms with Crippen molar-refractivity contribution in [1.82, 2.24) is 5.32 Å². The van der Waals surface area contributed by atoms with E-state index in [0.29, 0.717) is 23.8 Å². The Morgan fingerprint density at radius 2 is 1.68 bits per heavy atom. The summed E-state index contributed by atoms with van der Waals surface area (Å²) in [5, 5.41) is 5.78. The molecule has 1 unspecified atom stereocenters. The molecule has 2 N–H and O–H groups in total. The van der Waals surface area contributed by atoms with Crippen molar-refractivity contribution in [2.45, 2.75) is 25.3 Å². The molecule has 6 nitrogen and oxygen atoms in total. The van der Waals surface area contributed by atoms with Crippen LogP contribution in [0.4, 0.5) is 11.4 Å². The fourth-order valence-electron chi connectivity index (χ4n) is 3.20. The van der Waals surface area contributed by atoms with Gasteiger partial charge in [0, 0.05) is 40.4 Å². The van der Waals surface area contributed by atoms with Gasteiger partial charge in [-0.2, -0.15) is 0 Å². The number of nitrogens with zero attached hydrogens (tertiary/aromatic N) is 1. The molecule has 1 saturated carbocycles. The Bertz CT molecular complexity index is 907. The van der Waals surface area contributed by atoms with E-state index in [4.69, 9.17) is 0 Å². The first-order chi connectivity index (χ1) is 13.5. The number of carbonyl (C=O) groups is 3. The number of amides is 3. The van der Waals surface area contributed by atoms with Crippen molar-refractivity contribution < 1.29 is 14.4 Å². The second-order valence-corrected chi connectivity index (χ2v) is 8.11.